The maximum atomic E-state index is 13.6. The van der Waals surface area contributed by atoms with Gasteiger partial charge in [0, 0.05) is 38.8 Å². The van der Waals surface area contributed by atoms with Crippen LogP contribution in [0.15, 0.2) is 28.8 Å². The first-order valence-electron chi connectivity index (χ1n) is 8.62. The predicted molar refractivity (Wildman–Crippen MR) is 97.7 cm³/mol. The van der Waals surface area contributed by atoms with Crippen LogP contribution in [-0.4, -0.2) is 60.4 Å². The van der Waals surface area contributed by atoms with Crippen molar-refractivity contribution < 1.29 is 13.6 Å². The number of aromatic nitrogens is 1. The number of carbonyl (C=O) groups is 1. The third-order valence-corrected chi connectivity index (χ3v) is 4.96. The normalized spacial score (nSPS) is 24.9. The molecule has 3 rings (SSSR count). The molecule has 2 aliphatic rings. The number of amides is 1. The van der Waals surface area contributed by atoms with E-state index in [1.165, 1.54) is 6.08 Å². The van der Waals surface area contributed by atoms with Crippen molar-refractivity contribution in [1.82, 2.24) is 15.2 Å². The number of aromatic amines is 1. The molecule has 2 N–H and O–H groups in total. The summed E-state index contributed by atoms with van der Waals surface area (Å²) in [5, 5.41) is 3.31. The SMILES string of the molecule is C=CC(=O)N1CCC[C@@H](N/C(=N/C)c2c(C3CC3(F)F)c[nH]c2N=C)C1. The summed E-state index contributed by atoms with van der Waals surface area (Å²) in [4.78, 5) is 24.7. The summed E-state index contributed by atoms with van der Waals surface area (Å²) in [6.07, 6.45) is 4.40. The van der Waals surface area contributed by atoms with Gasteiger partial charge in [0.1, 0.15) is 11.7 Å². The van der Waals surface area contributed by atoms with Crippen molar-refractivity contribution in [3.63, 3.8) is 0 Å². The molecule has 1 unspecified atom stereocenters. The Morgan fingerprint density at radius 1 is 1.54 bits per heavy atom. The molecule has 1 aromatic rings. The lowest BCUT2D eigenvalue weighted by Gasteiger charge is -2.33. The van der Waals surface area contributed by atoms with E-state index >= 15 is 0 Å². The van der Waals surface area contributed by atoms with Crippen molar-refractivity contribution in [3.8, 4) is 0 Å². The number of piperidine rings is 1. The van der Waals surface area contributed by atoms with Gasteiger partial charge in [0.2, 0.25) is 5.91 Å². The number of carbonyl (C=O) groups excluding carboxylic acids is 1. The Kier molecular flexibility index (Phi) is 4.93. The summed E-state index contributed by atoms with van der Waals surface area (Å²) in [5.74, 6) is -2.71. The first-order chi connectivity index (χ1) is 12.4. The number of alkyl halides is 2. The van der Waals surface area contributed by atoms with Gasteiger partial charge in [-0.05, 0) is 31.2 Å². The average molecular weight is 363 g/mol. The maximum Gasteiger partial charge on any atom is 0.256 e. The van der Waals surface area contributed by atoms with E-state index in [4.69, 9.17) is 0 Å². The molecule has 26 heavy (non-hydrogen) atoms. The van der Waals surface area contributed by atoms with Crippen molar-refractivity contribution >= 4 is 24.3 Å². The number of likely N-dealkylation sites (tertiary alicyclic amines) is 1. The van der Waals surface area contributed by atoms with E-state index in [0.717, 1.165) is 12.8 Å². The lowest BCUT2D eigenvalue weighted by atomic mass is 10.0. The van der Waals surface area contributed by atoms with Gasteiger partial charge in [-0.25, -0.2) is 13.8 Å². The minimum Gasteiger partial charge on any atom is -0.365 e. The lowest BCUT2D eigenvalue weighted by molar-refractivity contribution is -0.127. The highest BCUT2D eigenvalue weighted by atomic mass is 19.3. The number of hydrogen-bond donors (Lipinski definition) is 2. The average Bonchev–Trinajstić information content (AvgIpc) is 3.08. The van der Waals surface area contributed by atoms with Gasteiger partial charge < -0.3 is 15.2 Å². The zero-order valence-electron chi connectivity index (χ0n) is 14.8. The molecule has 1 aliphatic heterocycles. The molecule has 1 aromatic heterocycles. The smallest absolute Gasteiger partial charge is 0.256 e. The van der Waals surface area contributed by atoms with Gasteiger partial charge in [0.05, 0.1) is 11.5 Å². The minimum absolute atomic E-state index is 0.0218. The molecule has 2 heterocycles. The molecule has 0 radical (unpaired) electrons. The van der Waals surface area contributed by atoms with Crippen LogP contribution in [0.3, 0.4) is 0 Å². The second-order valence-electron chi connectivity index (χ2n) is 6.69. The Bertz CT molecular complexity index is 755. The quantitative estimate of drug-likeness (QED) is 0.479. The zero-order chi connectivity index (χ0) is 18.9. The first kappa shape index (κ1) is 18.3. The monoisotopic (exact) mass is 363 g/mol. The molecule has 8 heteroatoms. The zero-order valence-corrected chi connectivity index (χ0v) is 14.8. The van der Waals surface area contributed by atoms with Crippen molar-refractivity contribution in [2.75, 3.05) is 20.1 Å². The summed E-state index contributed by atoms with van der Waals surface area (Å²) in [6.45, 7) is 8.24. The van der Waals surface area contributed by atoms with Crippen LogP contribution in [0.2, 0.25) is 0 Å². The lowest BCUT2D eigenvalue weighted by Crippen LogP contribution is -2.49. The molecular formula is C18H23F2N5O. The highest BCUT2D eigenvalue weighted by molar-refractivity contribution is 6.04. The number of nitrogens with zero attached hydrogens (tertiary/aromatic N) is 3. The van der Waals surface area contributed by atoms with Crippen LogP contribution < -0.4 is 5.32 Å². The number of rotatable bonds is 5. The van der Waals surface area contributed by atoms with E-state index in [1.54, 1.807) is 18.1 Å². The van der Waals surface area contributed by atoms with Crippen LogP contribution >= 0.6 is 0 Å². The molecule has 140 valence electrons. The standard InChI is InChI=1S/C18H23F2N5O/c1-4-14(26)25-7-5-6-11(10-25)24-17(22-3)15-12(9-23-16(15)21-2)13-8-18(13,19)20/h4,9,11,13,23H,1-2,5-8,10H2,3H3,(H,22,24)/t11-,13?/m1/s1. The molecule has 1 amide bonds. The topological polar surface area (TPSA) is 72.8 Å². The number of halogens is 2. The molecule has 6 nitrogen and oxygen atoms in total. The van der Waals surface area contributed by atoms with Crippen LogP contribution in [0.4, 0.5) is 14.6 Å². The Morgan fingerprint density at radius 2 is 2.27 bits per heavy atom. The largest absolute Gasteiger partial charge is 0.365 e. The second-order valence-corrected chi connectivity index (χ2v) is 6.69. The van der Waals surface area contributed by atoms with Crippen molar-refractivity contribution in [1.29, 1.82) is 0 Å². The predicted octanol–water partition coefficient (Wildman–Crippen LogP) is 2.61. The van der Waals surface area contributed by atoms with E-state index in [0.29, 0.717) is 35.9 Å². The number of amidine groups is 1. The van der Waals surface area contributed by atoms with Crippen LogP contribution in [-0.2, 0) is 4.79 Å². The third-order valence-electron chi connectivity index (χ3n) is 4.96. The molecule has 1 aliphatic carbocycles. The van der Waals surface area contributed by atoms with Crippen LogP contribution in [0, 0.1) is 0 Å². The summed E-state index contributed by atoms with van der Waals surface area (Å²) in [6, 6.07) is -0.0218. The van der Waals surface area contributed by atoms with Gasteiger partial charge in [-0.1, -0.05) is 6.58 Å². The van der Waals surface area contributed by atoms with E-state index in [2.05, 4.69) is 33.6 Å². The van der Waals surface area contributed by atoms with Crippen LogP contribution in [0.25, 0.3) is 0 Å². The highest BCUT2D eigenvalue weighted by Gasteiger charge is 2.59. The fraction of sp³-hybridized carbons (Fsp3) is 0.500. The number of aliphatic imine (C=N–C) groups is 2. The number of H-pyrrole nitrogens is 1. The van der Waals surface area contributed by atoms with E-state index < -0.39 is 11.8 Å². The van der Waals surface area contributed by atoms with Crippen molar-refractivity contribution in [2.45, 2.75) is 37.1 Å². The fourth-order valence-corrected chi connectivity index (χ4v) is 3.49. The van der Waals surface area contributed by atoms with Gasteiger partial charge >= 0.3 is 0 Å². The minimum atomic E-state index is -2.69. The van der Waals surface area contributed by atoms with Gasteiger partial charge in [0.25, 0.3) is 5.92 Å². The molecule has 0 bridgehead atoms. The molecule has 2 fully saturated rings. The van der Waals surface area contributed by atoms with Crippen LogP contribution in [0.1, 0.15) is 36.3 Å². The molecule has 1 saturated carbocycles. The fourth-order valence-electron chi connectivity index (χ4n) is 3.49. The van der Waals surface area contributed by atoms with Gasteiger partial charge in [-0.15, -0.1) is 0 Å². The van der Waals surface area contributed by atoms with Gasteiger partial charge in [-0.2, -0.15) is 0 Å². The molecule has 0 aromatic carbocycles. The third kappa shape index (κ3) is 3.40. The van der Waals surface area contributed by atoms with E-state index in [9.17, 15) is 13.6 Å². The summed E-state index contributed by atoms with van der Waals surface area (Å²) >= 11 is 0. The maximum absolute atomic E-state index is 13.6. The van der Waals surface area contributed by atoms with Crippen LogP contribution in [0.5, 0.6) is 0 Å². The Labute approximate surface area is 151 Å². The molecule has 0 spiro atoms. The summed E-state index contributed by atoms with van der Waals surface area (Å²) in [7, 11) is 1.60. The molecular weight excluding hydrogens is 340 g/mol. The number of hydrogen-bond acceptors (Lipinski definition) is 3. The Balaban J connectivity index is 1.82. The summed E-state index contributed by atoms with van der Waals surface area (Å²) in [5.41, 5.74) is 1.04. The van der Waals surface area contributed by atoms with Crippen molar-refractivity contribution in [3.05, 3.63) is 30.0 Å². The van der Waals surface area contributed by atoms with Crippen molar-refractivity contribution in [2.24, 2.45) is 9.98 Å². The highest BCUT2D eigenvalue weighted by Crippen LogP contribution is 2.57. The second kappa shape index (κ2) is 7.01. The Hall–Kier alpha value is -2.51. The van der Waals surface area contributed by atoms with E-state index in [1.807, 2.05) is 0 Å². The van der Waals surface area contributed by atoms with E-state index in [-0.39, 0.29) is 18.4 Å². The Morgan fingerprint density at radius 3 is 2.85 bits per heavy atom. The molecule has 2 atom stereocenters. The number of nitrogens with one attached hydrogen (secondary N) is 2. The van der Waals surface area contributed by atoms with Gasteiger partial charge in [0.15, 0.2) is 0 Å². The molecule has 1 saturated heterocycles. The first-order valence-corrected chi connectivity index (χ1v) is 8.62. The summed E-state index contributed by atoms with van der Waals surface area (Å²) < 4.78 is 27.2. The van der Waals surface area contributed by atoms with Gasteiger partial charge in [-0.3, -0.25) is 9.79 Å².